The number of nitrogens with one attached hydrogen (secondary N) is 2. The lowest BCUT2D eigenvalue weighted by Crippen LogP contribution is -2.64. The van der Waals surface area contributed by atoms with Crippen LogP contribution in [0.4, 0.5) is 0 Å². The molecule has 1 saturated carbocycles. The maximum atomic E-state index is 13.5. The molecule has 44 heavy (non-hydrogen) atoms. The third kappa shape index (κ3) is 5.76. The molecule has 0 aromatic heterocycles. The second-order valence-electron chi connectivity index (χ2n) is 14.7. The zero-order chi connectivity index (χ0) is 31.2. The van der Waals surface area contributed by atoms with Gasteiger partial charge in [0.05, 0.1) is 12.3 Å². The number of amides is 1. The molecule has 0 aromatic rings. The first-order chi connectivity index (χ1) is 21.1. The Morgan fingerprint density at radius 2 is 2.02 bits per heavy atom. The van der Waals surface area contributed by atoms with Crippen molar-refractivity contribution in [3.63, 3.8) is 0 Å². The number of hydrogen-bond acceptors (Lipinski definition) is 9. The first-order valence-corrected chi connectivity index (χ1v) is 16.9. The van der Waals surface area contributed by atoms with E-state index in [2.05, 4.69) is 22.8 Å². The fourth-order valence-corrected chi connectivity index (χ4v) is 9.28. The summed E-state index contributed by atoms with van der Waals surface area (Å²) in [5, 5.41) is 6.66. The normalized spacial score (nSPS) is 42.3. The Hall–Kier alpha value is -2.27. The molecular formula is C34H52N4O6. The molecule has 7 unspecified atom stereocenters. The molecule has 4 heterocycles. The quantitative estimate of drug-likeness (QED) is 0.226. The predicted octanol–water partition coefficient (Wildman–Crippen LogP) is 2.67. The summed E-state index contributed by atoms with van der Waals surface area (Å²) in [6, 6.07) is 0. The maximum absolute atomic E-state index is 13.5. The van der Waals surface area contributed by atoms with Gasteiger partial charge >= 0.3 is 11.9 Å². The number of nitrogens with two attached hydrogens (primary N) is 1. The minimum absolute atomic E-state index is 0.0715. The minimum Gasteiger partial charge on any atom is -0.462 e. The van der Waals surface area contributed by atoms with Crippen molar-refractivity contribution in [3.05, 3.63) is 23.8 Å². The number of carbonyl (C=O) groups is 3. The Balaban J connectivity index is 1.30. The van der Waals surface area contributed by atoms with Gasteiger partial charge < -0.3 is 35.5 Å². The van der Waals surface area contributed by atoms with E-state index in [1.165, 1.54) is 0 Å². The van der Waals surface area contributed by atoms with Crippen molar-refractivity contribution in [2.45, 2.75) is 102 Å². The van der Waals surface area contributed by atoms with E-state index in [0.29, 0.717) is 56.1 Å². The van der Waals surface area contributed by atoms with Crippen molar-refractivity contribution in [1.29, 1.82) is 0 Å². The van der Waals surface area contributed by atoms with Crippen LogP contribution < -0.4 is 16.4 Å². The van der Waals surface area contributed by atoms with Crippen LogP contribution in [0.3, 0.4) is 0 Å². The third-order valence-corrected chi connectivity index (χ3v) is 11.9. The van der Waals surface area contributed by atoms with Gasteiger partial charge in [0.15, 0.2) is 0 Å². The molecule has 1 spiro atoms. The van der Waals surface area contributed by atoms with Gasteiger partial charge in [0, 0.05) is 69.3 Å². The Kier molecular flexibility index (Phi) is 9.00. The molecular weight excluding hydrogens is 560 g/mol. The summed E-state index contributed by atoms with van der Waals surface area (Å²) in [4.78, 5) is 41.0. The second-order valence-corrected chi connectivity index (χ2v) is 14.7. The molecule has 10 heteroatoms. The van der Waals surface area contributed by atoms with Crippen molar-refractivity contribution in [2.75, 3.05) is 33.2 Å². The summed E-state index contributed by atoms with van der Waals surface area (Å²) < 4.78 is 19.6. The lowest BCUT2D eigenvalue weighted by Gasteiger charge is -2.55. The van der Waals surface area contributed by atoms with Crippen LogP contribution in [0.25, 0.3) is 0 Å². The van der Waals surface area contributed by atoms with Crippen LogP contribution in [0.2, 0.25) is 0 Å². The predicted molar refractivity (Wildman–Crippen MR) is 165 cm³/mol. The number of likely N-dealkylation sites (tertiary alicyclic amines) is 1. The number of hydrogen-bond donors (Lipinski definition) is 3. The first-order valence-electron chi connectivity index (χ1n) is 16.9. The van der Waals surface area contributed by atoms with Crippen molar-refractivity contribution >= 4 is 17.8 Å². The molecule has 1 amide bonds. The molecule has 4 aliphatic heterocycles. The van der Waals surface area contributed by atoms with E-state index < -0.39 is 11.2 Å². The van der Waals surface area contributed by atoms with Gasteiger partial charge in [-0.05, 0) is 77.2 Å². The van der Waals surface area contributed by atoms with Gasteiger partial charge in [-0.15, -0.1) is 0 Å². The van der Waals surface area contributed by atoms with Gasteiger partial charge in [0.2, 0.25) is 5.91 Å². The van der Waals surface area contributed by atoms with E-state index in [1.807, 2.05) is 25.8 Å². The average molecular weight is 613 g/mol. The number of rotatable bonds is 7. The second kappa shape index (κ2) is 12.5. The van der Waals surface area contributed by atoms with Crippen molar-refractivity contribution in [1.82, 2.24) is 15.5 Å². The van der Waals surface area contributed by atoms with Crippen LogP contribution in [0.5, 0.6) is 0 Å². The van der Waals surface area contributed by atoms with E-state index >= 15 is 0 Å². The topological polar surface area (TPSA) is 132 Å². The van der Waals surface area contributed by atoms with Crippen LogP contribution in [0.15, 0.2) is 23.8 Å². The molecule has 4 saturated heterocycles. The lowest BCUT2D eigenvalue weighted by atomic mass is 9.58. The van der Waals surface area contributed by atoms with Crippen molar-refractivity contribution in [3.8, 4) is 0 Å². The number of fused-ring (bicyclic) bond motifs is 2. The fraction of sp³-hybridized carbons (Fsp3) is 0.794. The summed E-state index contributed by atoms with van der Waals surface area (Å²) >= 11 is 0. The highest BCUT2D eigenvalue weighted by Crippen LogP contribution is 2.59. The molecule has 0 radical (unpaired) electrons. The summed E-state index contributed by atoms with van der Waals surface area (Å²) in [6.45, 7) is 8.85. The Labute approximate surface area is 261 Å². The van der Waals surface area contributed by atoms with Gasteiger partial charge in [-0.1, -0.05) is 18.2 Å². The highest BCUT2D eigenvalue weighted by molar-refractivity contribution is 5.88. The van der Waals surface area contributed by atoms with E-state index in [0.717, 1.165) is 38.9 Å². The van der Waals surface area contributed by atoms with Crippen LogP contribution in [-0.4, -0.2) is 85.5 Å². The zero-order valence-corrected chi connectivity index (χ0v) is 26.9. The maximum Gasteiger partial charge on any atom is 0.334 e. The summed E-state index contributed by atoms with van der Waals surface area (Å²) in [7, 11) is 1.95. The number of allylic oxidation sites excluding steroid dienone is 1. The number of ether oxygens (including phenoxy) is 3. The van der Waals surface area contributed by atoms with Crippen LogP contribution in [0, 0.1) is 35.5 Å². The van der Waals surface area contributed by atoms with Crippen LogP contribution in [-0.2, 0) is 28.6 Å². The van der Waals surface area contributed by atoms with Crippen LogP contribution in [0.1, 0.15) is 72.1 Å². The van der Waals surface area contributed by atoms with Gasteiger partial charge in [-0.3, -0.25) is 9.59 Å². The minimum atomic E-state index is -0.908. The molecule has 6 aliphatic rings. The van der Waals surface area contributed by atoms with Gasteiger partial charge in [-0.2, -0.15) is 0 Å². The fourth-order valence-electron chi connectivity index (χ4n) is 9.28. The Morgan fingerprint density at radius 3 is 2.77 bits per heavy atom. The average Bonchev–Trinajstić information content (AvgIpc) is 3.34. The molecule has 244 valence electrons. The molecule has 10 atom stereocenters. The van der Waals surface area contributed by atoms with E-state index in [9.17, 15) is 14.4 Å². The Bertz CT molecular complexity index is 1180. The van der Waals surface area contributed by atoms with E-state index in [-0.39, 0.29) is 59.9 Å². The first kappa shape index (κ1) is 31.7. The monoisotopic (exact) mass is 612 g/mol. The number of esters is 2. The largest absolute Gasteiger partial charge is 0.462 e. The van der Waals surface area contributed by atoms with Crippen LogP contribution >= 0.6 is 0 Å². The summed E-state index contributed by atoms with van der Waals surface area (Å²) in [5.74, 6) is 0.937. The molecule has 10 nitrogen and oxygen atoms in total. The number of nitrogens with zero attached hydrogens (tertiary/aromatic N) is 1. The van der Waals surface area contributed by atoms with Gasteiger partial charge in [0.25, 0.3) is 0 Å². The SMILES string of the molecule is CC=C(C)C(=O)O[C@@]1(C)CC=C[C@H](C2CC(N)NCC2CC(=O)N2CC(CNC)C2)[C@@]12CC1CC3CCC(=O)OC3CC1O2. The number of piperidine rings is 1. The van der Waals surface area contributed by atoms with E-state index in [1.54, 1.807) is 13.0 Å². The molecule has 0 bridgehead atoms. The molecule has 2 aliphatic carbocycles. The highest BCUT2D eigenvalue weighted by Gasteiger charge is 2.66. The molecule has 6 rings (SSSR count). The zero-order valence-electron chi connectivity index (χ0n) is 26.9. The summed E-state index contributed by atoms with van der Waals surface area (Å²) in [5.41, 5.74) is 5.44. The lowest BCUT2D eigenvalue weighted by molar-refractivity contribution is -0.227. The molecule has 4 N–H and O–H groups in total. The Morgan fingerprint density at radius 1 is 1.23 bits per heavy atom. The summed E-state index contributed by atoms with van der Waals surface area (Å²) in [6.07, 6.45) is 11.2. The van der Waals surface area contributed by atoms with Crippen molar-refractivity contribution in [2.24, 2.45) is 41.2 Å². The molecule has 0 aromatic carbocycles. The van der Waals surface area contributed by atoms with E-state index in [4.69, 9.17) is 19.9 Å². The van der Waals surface area contributed by atoms with Gasteiger partial charge in [0.1, 0.15) is 17.3 Å². The van der Waals surface area contributed by atoms with Gasteiger partial charge in [-0.25, -0.2) is 4.79 Å². The highest BCUT2D eigenvalue weighted by atomic mass is 16.6. The van der Waals surface area contributed by atoms with Crippen molar-refractivity contribution < 1.29 is 28.6 Å². The molecule has 5 fully saturated rings. The third-order valence-electron chi connectivity index (χ3n) is 11.9. The standard InChI is InChI=1S/C34H52N4O6/c1-5-20(2)32(41)44-33(3)10-6-7-26(34(33)15-23-11-22-8-9-31(40)42-27(22)14-28(23)43-34)25-13-29(35)37-17-24(25)12-30(39)38-18-21(19-38)16-36-4/h5-7,21-29,36-37H,8-19,35H2,1-4H3/t22?,23?,24?,25?,26-,27?,28?,29?,33+,34+/m1/s1. The number of carbonyl (C=O) groups excluding carboxylic acids is 3. The smallest absolute Gasteiger partial charge is 0.334 e.